The van der Waals surface area contributed by atoms with Gasteiger partial charge >= 0.3 is 5.63 Å². The van der Waals surface area contributed by atoms with E-state index in [1.165, 1.54) is 23.1 Å². The molecule has 134 valence electrons. The zero-order valence-corrected chi connectivity index (χ0v) is 15.7. The summed E-state index contributed by atoms with van der Waals surface area (Å²) in [5.41, 5.74) is 6.72. The molecule has 1 aromatic heterocycles. The summed E-state index contributed by atoms with van der Waals surface area (Å²) >= 11 is 0. The first-order chi connectivity index (χ1) is 12.5. The molecule has 3 heteroatoms. The first kappa shape index (κ1) is 17.0. The molecule has 1 aliphatic rings. The lowest BCUT2D eigenvalue weighted by atomic mass is 9.87. The molecule has 0 aliphatic heterocycles. The Kier molecular flexibility index (Phi) is 4.41. The lowest BCUT2D eigenvalue weighted by molar-refractivity contribution is 0.213. The number of hydrogen-bond donors (Lipinski definition) is 0. The van der Waals surface area contributed by atoms with E-state index in [9.17, 15) is 4.79 Å². The third-order valence-electron chi connectivity index (χ3n) is 5.73. The van der Waals surface area contributed by atoms with E-state index in [-0.39, 0.29) is 5.63 Å². The molecule has 0 saturated carbocycles. The van der Waals surface area contributed by atoms with Crippen LogP contribution in [0.25, 0.3) is 11.0 Å². The molecular formula is C23H25NO2. The van der Waals surface area contributed by atoms with Crippen LogP contribution in [-0.4, -0.2) is 11.9 Å². The van der Waals surface area contributed by atoms with Crippen LogP contribution >= 0.6 is 0 Å². The highest BCUT2D eigenvalue weighted by atomic mass is 16.4. The van der Waals surface area contributed by atoms with Gasteiger partial charge in [0.2, 0.25) is 0 Å². The predicted molar refractivity (Wildman–Crippen MR) is 106 cm³/mol. The Hall–Kier alpha value is -2.39. The quantitative estimate of drug-likeness (QED) is 0.631. The Bertz CT molecular complexity index is 1020. The summed E-state index contributed by atoms with van der Waals surface area (Å²) in [4.78, 5) is 14.4. The second kappa shape index (κ2) is 6.73. The van der Waals surface area contributed by atoms with Gasteiger partial charge in [-0.25, -0.2) is 4.79 Å². The zero-order chi connectivity index (χ0) is 18.3. The molecule has 3 aromatic rings. The molecule has 4 rings (SSSR count). The molecular weight excluding hydrogens is 322 g/mol. The van der Waals surface area contributed by atoms with E-state index in [0.29, 0.717) is 11.6 Å². The smallest absolute Gasteiger partial charge is 0.336 e. The summed E-state index contributed by atoms with van der Waals surface area (Å²) in [5, 5.41) is 1.05. The molecule has 3 nitrogen and oxygen atoms in total. The van der Waals surface area contributed by atoms with E-state index >= 15 is 0 Å². The van der Waals surface area contributed by atoms with Gasteiger partial charge in [-0.3, -0.25) is 4.90 Å². The monoisotopic (exact) mass is 347 g/mol. The fourth-order valence-corrected chi connectivity index (χ4v) is 4.18. The van der Waals surface area contributed by atoms with Gasteiger partial charge in [0.25, 0.3) is 0 Å². The number of fused-ring (bicyclic) bond motifs is 2. The Labute approximate surface area is 154 Å². The number of nitrogens with zero attached hydrogens (tertiary/aromatic N) is 1. The van der Waals surface area contributed by atoms with Crippen molar-refractivity contribution in [1.29, 1.82) is 0 Å². The van der Waals surface area contributed by atoms with Crippen LogP contribution in [0.4, 0.5) is 0 Å². The highest BCUT2D eigenvalue weighted by Gasteiger charge is 2.24. The van der Waals surface area contributed by atoms with Crippen LogP contribution in [0, 0.1) is 13.8 Å². The Morgan fingerprint density at radius 1 is 1.12 bits per heavy atom. The van der Waals surface area contributed by atoms with Crippen LogP contribution in [0.15, 0.2) is 51.7 Å². The van der Waals surface area contributed by atoms with Crippen molar-refractivity contribution >= 4 is 11.0 Å². The largest absolute Gasteiger partial charge is 0.423 e. The summed E-state index contributed by atoms with van der Waals surface area (Å²) in [6.07, 6.45) is 3.53. The Morgan fingerprint density at radius 2 is 1.88 bits per heavy atom. The third kappa shape index (κ3) is 3.08. The van der Waals surface area contributed by atoms with Crippen molar-refractivity contribution in [2.45, 2.75) is 45.7 Å². The van der Waals surface area contributed by atoms with E-state index in [0.717, 1.165) is 35.9 Å². The van der Waals surface area contributed by atoms with Gasteiger partial charge in [0.05, 0.1) is 0 Å². The standard InChI is InChI=1S/C23H25NO2/c1-15-11-20-18(13-23(25)26-22(20)12-16(15)2)14-24(3)21-10-6-8-17-7-4-5-9-19(17)21/h4-5,7,9,11-13,21H,6,8,10,14H2,1-3H3/t21-/m1/s1. The topological polar surface area (TPSA) is 33.5 Å². The van der Waals surface area contributed by atoms with E-state index in [1.54, 1.807) is 6.07 Å². The number of rotatable bonds is 3. The van der Waals surface area contributed by atoms with Crippen molar-refractivity contribution < 1.29 is 4.42 Å². The van der Waals surface area contributed by atoms with E-state index < -0.39 is 0 Å². The van der Waals surface area contributed by atoms with Gasteiger partial charge < -0.3 is 4.42 Å². The van der Waals surface area contributed by atoms with Crippen molar-refractivity contribution in [3.05, 3.63) is 80.7 Å². The molecule has 26 heavy (non-hydrogen) atoms. The molecule has 0 spiro atoms. The highest BCUT2D eigenvalue weighted by Crippen LogP contribution is 2.34. The summed E-state index contributed by atoms with van der Waals surface area (Å²) in [6, 6.07) is 14.9. The number of hydrogen-bond acceptors (Lipinski definition) is 3. The minimum absolute atomic E-state index is 0.270. The molecule has 1 heterocycles. The molecule has 1 atom stereocenters. The minimum atomic E-state index is -0.270. The van der Waals surface area contributed by atoms with Gasteiger partial charge in [-0.15, -0.1) is 0 Å². The van der Waals surface area contributed by atoms with E-state index in [1.807, 2.05) is 13.0 Å². The van der Waals surface area contributed by atoms with Gasteiger partial charge in [0.15, 0.2) is 0 Å². The average molecular weight is 347 g/mol. The van der Waals surface area contributed by atoms with Crippen LogP contribution in [-0.2, 0) is 13.0 Å². The van der Waals surface area contributed by atoms with Crippen LogP contribution in [0.2, 0.25) is 0 Å². The summed E-state index contributed by atoms with van der Waals surface area (Å²) in [7, 11) is 2.16. The van der Waals surface area contributed by atoms with Gasteiger partial charge in [-0.1, -0.05) is 24.3 Å². The van der Waals surface area contributed by atoms with Crippen LogP contribution < -0.4 is 5.63 Å². The minimum Gasteiger partial charge on any atom is -0.423 e. The third-order valence-corrected chi connectivity index (χ3v) is 5.73. The second-order valence-corrected chi connectivity index (χ2v) is 7.55. The maximum atomic E-state index is 12.1. The van der Waals surface area contributed by atoms with Crippen molar-refractivity contribution in [2.24, 2.45) is 0 Å². The fourth-order valence-electron chi connectivity index (χ4n) is 4.18. The van der Waals surface area contributed by atoms with Gasteiger partial charge in [-0.05, 0) is 80.1 Å². The van der Waals surface area contributed by atoms with Crippen LogP contribution in [0.3, 0.4) is 0 Å². The molecule has 2 aromatic carbocycles. The number of benzene rings is 2. The van der Waals surface area contributed by atoms with Gasteiger partial charge in [0.1, 0.15) is 5.58 Å². The fraction of sp³-hybridized carbons (Fsp3) is 0.348. The molecule has 0 radical (unpaired) electrons. The summed E-state index contributed by atoms with van der Waals surface area (Å²) in [6.45, 7) is 4.89. The first-order valence-electron chi connectivity index (χ1n) is 9.35. The maximum absolute atomic E-state index is 12.1. The molecule has 1 aliphatic carbocycles. The zero-order valence-electron chi connectivity index (χ0n) is 15.7. The van der Waals surface area contributed by atoms with E-state index in [4.69, 9.17) is 4.42 Å². The van der Waals surface area contributed by atoms with Gasteiger partial charge in [-0.2, -0.15) is 0 Å². The van der Waals surface area contributed by atoms with Crippen LogP contribution in [0.5, 0.6) is 0 Å². The van der Waals surface area contributed by atoms with Crippen molar-refractivity contribution in [1.82, 2.24) is 4.90 Å². The van der Waals surface area contributed by atoms with Crippen molar-refractivity contribution in [2.75, 3.05) is 7.05 Å². The maximum Gasteiger partial charge on any atom is 0.336 e. The summed E-state index contributed by atoms with van der Waals surface area (Å²) < 4.78 is 5.45. The SMILES string of the molecule is Cc1cc2oc(=O)cc(CN(C)[C@@H]3CCCc4ccccc43)c2cc1C. The Morgan fingerprint density at radius 3 is 2.73 bits per heavy atom. The Balaban J connectivity index is 1.72. The second-order valence-electron chi connectivity index (χ2n) is 7.55. The molecule has 0 amide bonds. The molecule has 0 fully saturated rings. The highest BCUT2D eigenvalue weighted by molar-refractivity contribution is 5.81. The van der Waals surface area contributed by atoms with Gasteiger partial charge in [0, 0.05) is 24.0 Å². The predicted octanol–water partition coefficient (Wildman–Crippen LogP) is 4.92. The lowest BCUT2D eigenvalue weighted by Crippen LogP contribution is -2.27. The molecule has 0 bridgehead atoms. The van der Waals surface area contributed by atoms with E-state index in [2.05, 4.69) is 49.2 Å². The lowest BCUT2D eigenvalue weighted by Gasteiger charge is -2.33. The van der Waals surface area contributed by atoms with Crippen molar-refractivity contribution in [3.63, 3.8) is 0 Å². The first-order valence-corrected chi connectivity index (χ1v) is 9.35. The summed E-state index contributed by atoms with van der Waals surface area (Å²) in [5.74, 6) is 0. The van der Waals surface area contributed by atoms with Crippen molar-refractivity contribution in [3.8, 4) is 0 Å². The molecule has 0 saturated heterocycles. The van der Waals surface area contributed by atoms with Crippen LogP contribution in [0.1, 0.15) is 46.7 Å². The molecule has 0 N–H and O–H groups in total. The molecule has 0 unspecified atom stereocenters. The number of aryl methyl sites for hydroxylation is 3. The average Bonchev–Trinajstić information content (AvgIpc) is 2.62. The normalized spacial score (nSPS) is 16.8.